The topological polar surface area (TPSA) is 44.8 Å². The van der Waals surface area contributed by atoms with Crippen LogP contribution in [0.5, 0.6) is 0 Å². The van der Waals surface area contributed by atoms with Gasteiger partial charge in [0.05, 0.1) is 0 Å². The second-order valence-corrected chi connectivity index (χ2v) is 3.26. The van der Waals surface area contributed by atoms with E-state index in [1.165, 1.54) is 0 Å². The van der Waals surface area contributed by atoms with Crippen LogP contribution >= 0.6 is 0 Å². The Kier molecular flexibility index (Phi) is 1.72. The normalized spacial score (nSPS) is 46.3. The molecule has 0 N–H and O–H groups in total. The highest BCUT2D eigenvalue weighted by molar-refractivity contribution is 7.75. The first kappa shape index (κ1) is 9.31. The molecule has 0 aromatic rings. The second kappa shape index (κ2) is 2.41. The van der Waals surface area contributed by atoms with E-state index in [1.807, 2.05) is 0 Å². The van der Waals surface area contributed by atoms with Crippen molar-refractivity contribution in [1.82, 2.24) is 0 Å². The van der Waals surface area contributed by atoms with Gasteiger partial charge in [0.15, 0.2) is 0 Å². The molecular weight excluding hydrogens is 220 g/mol. The van der Waals surface area contributed by atoms with Crippen LogP contribution < -0.4 is 0 Å². The minimum Gasteiger partial charge on any atom is -0.253 e. The van der Waals surface area contributed by atoms with Crippen LogP contribution in [0.25, 0.3) is 0 Å². The van der Waals surface area contributed by atoms with Gasteiger partial charge in [-0.2, -0.15) is 21.8 Å². The Hall–Kier alpha value is -0.250. The monoisotopic (exact) mass is 222 g/mol. The van der Waals surface area contributed by atoms with Crippen LogP contribution in [-0.4, -0.2) is 28.6 Å². The molecule has 0 radical (unpaired) electrons. The summed E-state index contributed by atoms with van der Waals surface area (Å²) in [5.74, 6) is 0. The summed E-state index contributed by atoms with van der Waals surface area (Å²) < 4.78 is 71.4. The zero-order valence-electron chi connectivity index (χ0n) is 5.71. The lowest BCUT2D eigenvalue weighted by Gasteiger charge is -2.13. The molecule has 2 aliphatic heterocycles. The zero-order chi connectivity index (χ0) is 9.85. The predicted molar refractivity (Wildman–Crippen MR) is 28.9 cm³/mol. The maximum atomic E-state index is 12.5. The van der Waals surface area contributed by atoms with Gasteiger partial charge >= 0.3 is 23.6 Å². The van der Waals surface area contributed by atoms with Crippen LogP contribution in [0.2, 0.25) is 0 Å². The van der Waals surface area contributed by atoms with Gasteiger partial charge < -0.3 is 0 Å². The van der Waals surface area contributed by atoms with Gasteiger partial charge in [-0.25, -0.2) is 0 Å². The van der Waals surface area contributed by atoms with Crippen LogP contribution in [0, 0.1) is 0 Å². The van der Waals surface area contributed by atoms with Crippen LogP contribution in [0.1, 0.15) is 0 Å². The van der Waals surface area contributed by atoms with E-state index in [-0.39, 0.29) is 0 Å². The van der Waals surface area contributed by atoms with E-state index in [0.717, 1.165) is 0 Å². The van der Waals surface area contributed by atoms with Crippen molar-refractivity contribution in [2.45, 2.75) is 24.4 Å². The minimum absolute atomic E-state index is 2.32. The van der Waals surface area contributed by atoms with Crippen molar-refractivity contribution >= 4 is 11.4 Å². The Morgan fingerprint density at radius 2 is 1.38 bits per heavy atom. The molecule has 13 heavy (non-hydrogen) atoms. The van der Waals surface area contributed by atoms with E-state index in [1.54, 1.807) is 0 Å². The molecule has 0 spiro atoms. The van der Waals surface area contributed by atoms with E-state index in [9.17, 15) is 21.8 Å². The average Bonchev–Trinajstić information content (AvgIpc) is 2.34. The Morgan fingerprint density at radius 3 is 1.77 bits per heavy atom. The van der Waals surface area contributed by atoms with Crippen LogP contribution in [-0.2, 0) is 24.5 Å². The Balaban J connectivity index is 2.33. The van der Waals surface area contributed by atoms with Crippen LogP contribution in [0.15, 0.2) is 0 Å². The molecule has 2 saturated heterocycles. The molecule has 2 heterocycles. The first-order valence-corrected chi connectivity index (χ1v) is 4.05. The lowest BCUT2D eigenvalue weighted by Crippen LogP contribution is -2.35. The summed E-state index contributed by atoms with van der Waals surface area (Å²) in [6.45, 7) is 0. The van der Waals surface area contributed by atoms with Crippen molar-refractivity contribution < 1.29 is 34.9 Å². The summed E-state index contributed by atoms with van der Waals surface area (Å²) in [7, 11) is 0. The van der Waals surface area contributed by atoms with Gasteiger partial charge in [-0.15, -0.1) is 0 Å². The zero-order valence-corrected chi connectivity index (χ0v) is 6.52. The Bertz CT molecular complexity index is 245. The van der Waals surface area contributed by atoms with E-state index >= 15 is 0 Å². The Morgan fingerprint density at radius 1 is 1.00 bits per heavy atom. The van der Waals surface area contributed by atoms with Gasteiger partial charge in [0, 0.05) is 0 Å². The molecule has 2 rings (SSSR count). The largest absolute Gasteiger partial charge is 0.390 e. The first-order valence-electron chi connectivity index (χ1n) is 3.05. The molecule has 0 bridgehead atoms. The summed E-state index contributed by atoms with van der Waals surface area (Å²) in [6, 6.07) is 0. The highest BCUT2D eigenvalue weighted by Crippen LogP contribution is 2.48. The fraction of sp³-hybridized carbons (Fsp3) is 1.00. The van der Waals surface area contributed by atoms with Crippen molar-refractivity contribution in [2.24, 2.45) is 0 Å². The molecule has 2 fully saturated rings. The predicted octanol–water partition coefficient (Wildman–Crippen LogP) is 0.565. The number of hydrogen-bond acceptors (Lipinski definition) is 4. The average molecular weight is 222 g/mol. The number of hydrogen-bond donors (Lipinski definition) is 0. The third kappa shape index (κ3) is 1.26. The second-order valence-electron chi connectivity index (χ2n) is 2.46. The van der Waals surface area contributed by atoms with Crippen molar-refractivity contribution in [2.75, 3.05) is 0 Å². The van der Waals surface area contributed by atoms with Crippen molar-refractivity contribution in [3.63, 3.8) is 0 Å². The SMILES string of the molecule is O=S1OC2C(O1)C(F)(F)OC2(F)F. The number of halogens is 4. The molecular formula is C4H2F4O4S. The van der Waals surface area contributed by atoms with Gasteiger partial charge in [-0.05, 0) is 0 Å². The minimum atomic E-state index is -4.18. The van der Waals surface area contributed by atoms with Crippen LogP contribution in [0.4, 0.5) is 17.6 Å². The number of fused-ring (bicyclic) bond motifs is 1. The van der Waals surface area contributed by atoms with Crippen LogP contribution in [0.3, 0.4) is 0 Å². The lowest BCUT2D eigenvalue weighted by molar-refractivity contribution is -0.347. The maximum Gasteiger partial charge on any atom is 0.390 e. The van der Waals surface area contributed by atoms with Crippen molar-refractivity contribution in [3.8, 4) is 0 Å². The third-order valence-corrected chi connectivity index (χ3v) is 2.30. The summed E-state index contributed by atoms with van der Waals surface area (Å²) >= 11 is -2.56. The standard InChI is InChI=1S/C4H2F4O4S/c5-3(6)1-2(4(7,8)12-3)11-13(9)10-1/h1-2H. The van der Waals surface area contributed by atoms with E-state index in [0.29, 0.717) is 0 Å². The first-order chi connectivity index (χ1) is 5.83. The fourth-order valence-electron chi connectivity index (χ4n) is 1.05. The number of rotatable bonds is 0. The lowest BCUT2D eigenvalue weighted by atomic mass is 10.2. The molecule has 0 saturated carbocycles. The quantitative estimate of drug-likeness (QED) is 0.562. The van der Waals surface area contributed by atoms with Crippen molar-refractivity contribution in [1.29, 1.82) is 0 Å². The molecule has 0 aromatic heterocycles. The number of alkyl halides is 4. The molecule has 0 amide bonds. The van der Waals surface area contributed by atoms with Gasteiger partial charge in [-0.1, -0.05) is 0 Å². The summed E-state index contributed by atoms with van der Waals surface area (Å²) in [5.41, 5.74) is 0. The highest BCUT2D eigenvalue weighted by Gasteiger charge is 2.73. The molecule has 4 nitrogen and oxygen atoms in total. The molecule has 9 heteroatoms. The molecule has 2 aliphatic rings. The smallest absolute Gasteiger partial charge is 0.253 e. The Labute approximate surface area is 71.6 Å². The van der Waals surface area contributed by atoms with Crippen molar-refractivity contribution in [3.05, 3.63) is 0 Å². The van der Waals surface area contributed by atoms with Gasteiger partial charge in [-0.3, -0.25) is 13.1 Å². The molecule has 76 valence electrons. The van der Waals surface area contributed by atoms with Gasteiger partial charge in [0.25, 0.3) is 0 Å². The van der Waals surface area contributed by atoms with Gasteiger partial charge in [0.1, 0.15) is 0 Å². The van der Waals surface area contributed by atoms with E-state index in [2.05, 4.69) is 13.1 Å². The van der Waals surface area contributed by atoms with E-state index in [4.69, 9.17) is 0 Å². The maximum absolute atomic E-state index is 12.5. The summed E-state index contributed by atoms with van der Waals surface area (Å²) in [5, 5.41) is 0. The fourth-order valence-corrected chi connectivity index (χ4v) is 1.86. The third-order valence-electron chi connectivity index (χ3n) is 1.57. The molecule has 2 unspecified atom stereocenters. The molecule has 0 aromatic carbocycles. The van der Waals surface area contributed by atoms with Gasteiger partial charge in [0.2, 0.25) is 12.2 Å². The molecule has 0 aliphatic carbocycles. The number of ether oxygens (including phenoxy) is 1. The summed E-state index contributed by atoms with van der Waals surface area (Å²) in [4.78, 5) is 0. The molecule has 2 atom stereocenters. The van der Waals surface area contributed by atoms with E-state index < -0.39 is 35.8 Å². The highest BCUT2D eigenvalue weighted by atomic mass is 32.2. The summed E-state index contributed by atoms with van der Waals surface area (Å²) in [6.07, 6.45) is -13.0.